The van der Waals surface area contributed by atoms with E-state index in [2.05, 4.69) is 17.2 Å². The van der Waals surface area contributed by atoms with E-state index in [0.29, 0.717) is 12.5 Å². The van der Waals surface area contributed by atoms with Crippen LogP contribution in [0.15, 0.2) is 23.2 Å². The topological polar surface area (TPSA) is 59.6 Å². The smallest absolute Gasteiger partial charge is 0.189 e. The van der Waals surface area contributed by atoms with Crippen LogP contribution in [0.2, 0.25) is 0 Å². The van der Waals surface area contributed by atoms with Crippen LogP contribution in [0.3, 0.4) is 0 Å². The molecule has 18 heavy (non-hydrogen) atoms. The van der Waals surface area contributed by atoms with Gasteiger partial charge < -0.3 is 15.8 Å². The zero-order chi connectivity index (χ0) is 13.5. The first kappa shape index (κ1) is 14.3. The van der Waals surface area contributed by atoms with Crippen molar-refractivity contribution in [2.75, 3.05) is 7.11 Å². The molecule has 4 nitrogen and oxygen atoms in total. The fourth-order valence-corrected chi connectivity index (χ4v) is 1.38. The predicted octanol–water partition coefficient (Wildman–Crippen LogP) is 2.04. The number of methoxy groups -OCH3 is 1. The molecule has 0 aromatic heterocycles. The molecule has 0 radical (unpaired) electrons. The molecule has 1 aromatic carbocycles. The Kier molecular flexibility index (Phi) is 5.42. The van der Waals surface area contributed by atoms with E-state index in [-0.39, 0.29) is 11.8 Å². The van der Waals surface area contributed by atoms with E-state index in [1.807, 2.05) is 6.92 Å². The highest BCUT2D eigenvalue weighted by Gasteiger charge is 2.03. The second-order valence-electron chi connectivity index (χ2n) is 4.12. The van der Waals surface area contributed by atoms with Crippen molar-refractivity contribution in [2.24, 2.45) is 10.7 Å². The SMILES string of the molecule is CCC(C)NC(N)=NCc1ccc(OC)c(F)c1. The van der Waals surface area contributed by atoms with Crippen molar-refractivity contribution in [2.45, 2.75) is 32.9 Å². The van der Waals surface area contributed by atoms with E-state index in [1.165, 1.54) is 13.2 Å². The first-order chi connectivity index (χ1) is 8.56. The first-order valence-electron chi connectivity index (χ1n) is 5.95. The molecule has 0 bridgehead atoms. The largest absolute Gasteiger partial charge is 0.494 e. The van der Waals surface area contributed by atoms with Gasteiger partial charge >= 0.3 is 0 Å². The lowest BCUT2D eigenvalue weighted by atomic mass is 10.2. The number of hydrogen-bond acceptors (Lipinski definition) is 2. The zero-order valence-electron chi connectivity index (χ0n) is 11.0. The van der Waals surface area contributed by atoms with E-state index >= 15 is 0 Å². The number of rotatable bonds is 5. The Labute approximate surface area is 107 Å². The Morgan fingerprint density at radius 2 is 2.28 bits per heavy atom. The maximum Gasteiger partial charge on any atom is 0.189 e. The lowest BCUT2D eigenvalue weighted by molar-refractivity contribution is 0.386. The van der Waals surface area contributed by atoms with Crippen LogP contribution in [0.1, 0.15) is 25.8 Å². The van der Waals surface area contributed by atoms with E-state index in [4.69, 9.17) is 10.5 Å². The highest BCUT2D eigenvalue weighted by molar-refractivity contribution is 5.78. The molecule has 0 aliphatic carbocycles. The van der Waals surface area contributed by atoms with E-state index in [0.717, 1.165) is 12.0 Å². The Morgan fingerprint density at radius 1 is 1.56 bits per heavy atom. The van der Waals surface area contributed by atoms with Crippen LogP contribution in [0.4, 0.5) is 4.39 Å². The number of hydrogen-bond donors (Lipinski definition) is 2. The number of benzene rings is 1. The van der Waals surface area contributed by atoms with E-state index in [1.54, 1.807) is 12.1 Å². The molecule has 0 heterocycles. The summed E-state index contributed by atoms with van der Waals surface area (Å²) in [6, 6.07) is 5.03. The summed E-state index contributed by atoms with van der Waals surface area (Å²) in [5.74, 6) is 0.215. The van der Waals surface area contributed by atoms with Crippen LogP contribution in [0, 0.1) is 5.82 Å². The summed E-state index contributed by atoms with van der Waals surface area (Å²) in [4.78, 5) is 4.15. The van der Waals surface area contributed by atoms with Crippen LogP contribution >= 0.6 is 0 Å². The maximum atomic E-state index is 13.4. The van der Waals surface area contributed by atoms with Gasteiger partial charge in [0, 0.05) is 6.04 Å². The van der Waals surface area contributed by atoms with Gasteiger partial charge in [0.1, 0.15) is 0 Å². The van der Waals surface area contributed by atoms with Gasteiger partial charge in [0.15, 0.2) is 17.5 Å². The van der Waals surface area contributed by atoms with Gasteiger partial charge in [0.2, 0.25) is 0 Å². The zero-order valence-corrected chi connectivity index (χ0v) is 11.0. The van der Waals surface area contributed by atoms with Gasteiger partial charge in [0.05, 0.1) is 13.7 Å². The molecule has 3 N–H and O–H groups in total. The van der Waals surface area contributed by atoms with Crippen LogP contribution in [-0.2, 0) is 6.54 Å². The second kappa shape index (κ2) is 6.83. The molecule has 0 saturated carbocycles. The lowest BCUT2D eigenvalue weighted by Crippen LogP contribution is -2.38. The minimum absolute atomic E-state index is 0.230. The Bertz CT molecular complexity index is 421. The van der Waals surface area contributed by atoms with Gasteiger partial charge in [-0.3, -0.25) is 0 Å². The van der Waals surface area contributed by atoms with E-state index in [9.17, 15) is 4.39 Å². The van der Waals surface area contributed by atoms with Gasteiger partial charge in [-0.15, -0.1) is 0 Å². The third kappa shape index (κ3) is 4.24. The molecule has 0 aliphatic rings. The fourth-order valence-electron chi connectivity index (χ4n) is 1.38. The molecule has 1 unspecified atom stereocenters. The van der Waals surface area contributed by atoms with Crippen molar-refractivity contribution in [1.82, 2.24) is 5.32 Å². The average Bonchev–Trinajstić information content (AvgIpc) is 2.36. The summed E-state index contributed by atoms with van der Waals surface area (Å²) >= 11 is 0. The predicted molar refractivity (Wildman–Crippen MR) is 71.2 cm³/mol. The third-order valence-corrected chi connectivity index (χ3v) is 2.65. The number of guanidine groups is 1. The van der Waals surface area contributed by atoms with Crippen molar-refractivity contribution in [3.05, 3.63) is 29.6 Å². The molecular formula is C13H20FN3O. The quantitative estimate of drug-likeness (QED) is 0.623. The normalized spacial score (nSPS) is 13.2. The Hall–Kier alpha value is -1.78. The van der Waals surface area contributed by atoms with Crippen molar-refractivity contribution in [3.8, 4) is 5.75 Å². The first-order valence-corrected chi connectivity index (χ1v) is 5.95. The standard InChI is InChI=1S/C13H20FN3O/c1-4-9(2)17-13(15)16-8-10-5-6-12(18-3)11(14)7-10/h5-7,9H,4,8H2,1-3H3,(H3,15,16,17). The summed E-state index contributed by atoms with van der Waals surface area (Å²) in [6.45, 7) is 4.43. The number of nitrogens with one attached hydrogen (secondary N) is 1. The highest BCUT2D eigenvalue weighted by atomic mass is 19.1. The molecule has 0 aliphatic heterocycles. The molecule has 0 saturated heterocycles. The molecule has 0 spiro atoms. The Morgan fingerprint density at radius 3 is 2.83 bits per heavy atom. The molecule has 1 atom stereocenters. The van der Waals surface area contributed by atoms with Crippen LogP contribution in [-0.4, -0.2) is 19.1 Å². The number of nitrogens with two attached hydrogens (primary N) is 1. The second-order valence-corrected chi connectivity index (χ2v) is 4.12. The number of halogens is 1. The number of aliphatic imine (C=N–C) groups is 1. The van der Waals surface area contributed by atoms with Crippen molar-refractivity contribution >= 4 is 5.96 Å². The summed E-state index contributed by atoms with van der Waals surface area (Å²) in [5.41, 5.74) is 6.46. The minimum atomic E-state index is -0.390. The fraction of sp³-hybridized carbons (Fsp3) is 0.462. The summed E-state index contributed by atoms with van der Waals surface area (Å²) in [6.07, 6.45) is 0.966. The third-order valence-electron chi connectivity index (χ3n) is 2.65. The van der Waals surface area contributed by atoms with Gasteiger partial charge in [-0.25, -0.2) is 9.38 Å². The van der Waals surface area contributed by atoms with Crippen molar-refractivity contribution < 1.29 is 9.13 Å². The molecule has 0 fully saturated rings. The average molecular weight is 253 g/mol. The van der Waals surface area contributed by atoms with E-state index < -0.39 is 5.82 Å². The van der Waals surface area contributed by atoms with Gasteiger partial charge in [-0.2, -0.15) is 0 Å². The molecular weight excluding hydrogens is 233 g/mol. The van der Waals surface area contributed by atoms with Crippen LogP contribution in [0.5, 0.6) is 5.75 Å². The lowest BCUT2D eigenvalue weighted by Gasteiger charge is -2.11. The summed E-state index contributed by atoms with van der Waals surface area (Å²) in [7, 11) is 1.43. The summed E-state index contributed by atoms with van der Waals surface area (Å²) in [5, 5.41) is 3.05. The van der Waals surface area contributed by atoms with Gasteiger partial charge in [-0.05, 0) is 31.0 Å². The molecule has 1 rings (SSSR count). The molecule has 1 aromatic rings. The highest BCUT2D eigenvalue weighted by Crippen LogP contribution is 2.17. The number of ether oxygens (including phenoxy) is 1. The van der Waals surface area contributed by atoms with Crippen molar-refractivity contribution in [3.63, 3.8) is 0 Å². The maximum absolute atomic E-state index is 13.4. The Balaban J connectivity index is 2.62. The molecule has 100 valence electrons. The summed E-state index contributed by atoms with van der Waals surface area (Å²) < 4.78 is 18.3. The van der Waals surface area contributed by atoms with Crippen LogP contribution in [0.25, 0.3) is 0 Å². The minimum Gasteiger partial charge on any atom is -0.494 e. The van der Waals surface area contributed by atoms with Crippen molar-refractivity contribution in [1.29, 1.82) is 0 Å². The molecule has 0 amide bonds. The monoisotopic (exact) mass is 253 g/mol. The van der Waals surface area contributed by atoms with Gasteiger partial charge in [-0.1, -0.05) is 13.0 Å². The van der Waals surface area contributed by atoms with Crippen LogP contribution < -0.4 is 15.8 Å². The van der Waals surface area contributed by atoms with Gasteiger partial charge in [0.25, 0.3) is 0 Å². The number of nitrogens with zero attached hydrogens (tertiary/aromatic N) is 1. The molecule has 5 heteroatoms.